The van der Waals surface area contributed by atoms with Gasteiger partial charge in [-0.2, -0.15) is 0 Å². The van der Waals surface area contributed by atoms with Crippen molar-refractivity contribution in [2.45, 2.75) is 13.0 Å². The third-order valence-electron chi connectivity index (χ3n) is 1.61. The summed E-state index contributed by atoms with van der Waals surface area (Å²) in [6.07, 6.45) is 2.01. The van der Waals surface area contributed by atoms with E-state index in [1.165, 1.54) is 7.11 Å². The van der Waals surface area contributed by atoms with Crippen LogP contribution in [0.4, 0.5) is 0 Å². The second-order valence-electron chi connectivity index (χ2n) is 2.58. The largest absolute Gasteiger partial charge is 0.469 e. The van der Waals surface area contributed by atoms with Crippen LogP contribution in [0.2, 0.25) is 0 Å². The van der Waals surface area contributed by atoms with E-state index < -0.39 is 0 Å². The van der Waals surface area contributed by atoms with E-state index in [9.17, 15) is 4.79 Å². The highest BCUT2D eigenvalue weighted by atomic mass is 16.5. The van der Waals surface area contributed by atoms with Gasteiger partial charge in [0.2, 0.25) is 0 Å². The van der Waals surface area contributed by atoms with E-state index in [0.29, 0.717) is 19.5 Å². The first-order valence-electron chi connectivity index (χ1n) is 4.13. The first-order valence-corrected chi connectivity index (χ1v) is 4.13. The van der Waals surface area contributed by atoms with Gasteiger partial charge in [0.25, 0.3) is 0 Å². The molecule has 0 aliphatic rings. The van der Waals surface area contributed by atoms with E-state index in [1.807, 2.05) is 12.1 Å². The maximum absolute atomic E-state index is 10.7. The first-order chi connectivity index (χ1) is 6.33. The van der Waals surface area contributed by atoms with Crippen molar-refractivity contribution in [3.8, 4) is 0 Å². The lowest BCUT2D eigenvalue weighted by Crippen LogP contribution is -2.18. The summed E-state index contributed by atoms with van der Waals surface area (Å²) < 4.78 is 9.57. The van der Waals surface area contributed by atoms with Gasteiger partial charge in [0, 0.05) is 6.54 Å². The average molecular weight is 183 g/mol. The molecule has 72 valence electrons. The van der Waals surface area contributed by atoms with Crippen LogP contribution in [-0.4, -0.2) is 19.6 Å². The molecule has 4 nitrogen and oxygen atoms in total. The first kappa shape index (κ1) is 9.80. The van der Waals surface area contributed by atoms with Crippen LogP contribution in [-0.2, 0) is 16.1 Å². The minimum absolute atomic E-state index is 0.202. The lowest BCUT2D eigenvalue weighted by molar-refractivity contribution is -0.140. The zero-order chi connectivity index (χ0) is 9.52. The molecule has 1 aromatic heterocycles. The Morgan fingerprint density at radius 1 is 1.69 bits per heavy atom. The zero-order valence-corrected chi connectivity index (χ0v) is 7.58. The SMILES string of the molecule is COC(=O)CCNCc1ccco1. The van der Waals surface area contributed by atoms with Crippen LogP contribution in [0.15, 0.2) is 22.8 Å². The third kappa shape index (κ3) is 3.75. The fraction of sp³-hybridized carbons (Fsp3) is 0.444. The second kappa shape index (κ2) is 5.37. The zero-order valence-electron chi connectivity index (χ0n) is 7.58. The Morgan fingerprint density at radius 2 is 2.54 bits per heavy atom. The second-order valence-corrected chi connectivity index (χ2v) is 2.58. The Kier molecular flexibility index (Phi) is 4.05. The number of hydrogen-bond donors (Lipinski definition) is 1. The third-order valence-corrected chi connectivity index (χ3v) is 1.61. The normalized spacial score (nSPS) is 9.92. The fourth-order valence-corrected chi connectivity index (χ4v) is 0.917. The van der Waals surface area contributed by atoms with E-state index in [0.717, 1.165) is 5.76 Å². The highest BCUT2D eigenvalue weighted by Crippen LogP contribution is 1.98. The van der Waals surface area contributed by atoms with E-state index in [2.05, 4.69) is 10.1 Å². The molecule has 0 fully saturated rings. The summed E-state index contributed by atoms with van der Waals surface area (Å²) in [7, 11) is 1.38. The highest BCUT2D eigenvalue weighted by molar-refractivity contribution is 5.69. The van der Waals surface area contributed by atoms with Crippen molar-refractivity contribution in [2.75, 3.05) is 13.7 Å². The van der Waals surface area contributed by atoms with E-state index in [1.54, 1.807) is 6.26 Å². The van der Waals surface area contributed by atoms with Crippen molar-refractivity contribution >= 4 is 5.97 Å². The van der Waals surface area contributed by atoms with Crippen molar-refractivity contribution in [3.05, 3.63) is 24.2 Å². The Morgan fingerprint density at radius 3 is 3.15 bits per heavy atom. The molecule has 0 amide bonds. The Balaban J connectivity index is 2.05. The topological polar surface area (TPSA) is 51.5 Å². The van der Waals surface area contributed by atoms with Gasteiger partial charge in [0.1, 0.15) is 5.76 Å². The number of carbonyl (C=O) groups excluding carboxylic acids is 1. The van der Waals surface area contributed by atoms with Crippen LogP contribution in [0.1, 0.15) is 12.2 Å². The van der Waals surface area contributed by atoms with Gasteiger partial charge in [-0.1, -0.05) is 0 Å². The summed E-state index contributed by atoms with van der Waals surface area (Å²) in [5.41, 5.74) is 0. The molecule has 0 aromatic carbocycles. The number of rotatable bonds is 5. The standard InChI is InChI=1S/C9H13NO3/c1-12-9(11)4-5-10-7-8-3-2-6-13-8/h2-3,6,10H,4-5,7H2,1H3. The average Bonchev–Trinajstić information content (AvgIpc) is 2.64. The molecule has 1 aromatic rings. The molecule has 1 heterocycles. The molecular weight excluding hydrogens is 170 g/mol. The minimum Gasteiger partial charge on any atom is -0.469 e. The number of nitrogens with one attached hydrogen (secondary N) is 1. The molecule has 0 bridgehead atoms. The molecule has 0 saturated carbocycles. The maximum atomic E-state index is 10.7. The van der Waals surface area contributed by atoms with Crippen LogP contribution in [0.3, 0.4) is 0 Å². The van der Waals surface area contributed by atoms with Gasteiger partial charge in [-0.25, -0.2) is 0 Å². The van der Waals surface area contributed by atoms with Crippen molar-refractivity contribution in [3.63, 3.8) is 0 Å². The Hall–Kier alpha value is -1.29. The molecule has 1 rings (SSSR count). The van der Waals surface area contributed by atoms with Crippen molar-refractivity contribution in [1.82, 2.24) is 5.32 Å². The van der Waals surface area contributed by atoms with Gasteiger partial charge in [-0.15, -0.1) is 0 Å². The van der Waals surface area contributed by atoms with E-state index >= 15 is 0 Å². The van der Waals surface area contributed by atoms with Gasteiger partial charge in [0.05, 0.1) is 26.3 Å². The minimum atomic E-state index is -0.202. The van der Waals surface area contributed by atoms with Crippen molar-refractivity contribution < 1.29 is 13.9 Å². The molecule has 0 radical (unpaired) electrons. The molecule has 0 unspecified atom stereocenters. The van der Waals surface area contributed by atoms with Gasteiger partial charge in [0.15, 0.2) is 0 Å². The van der Waals surface area contributed by atoms with Gasteiger partial charge in [-0.05, 0) is 12.1 Å². The van der Waals surface area contributed by atoms with E-state index in [-0.39, 0.29) is 5.97 Å². The summed E-state index contributed by atoms with van der Waals surface area (Å²) in [5, 5.41) is 3.06. The van der Waals surface area contributed by atoms with Crippen LogP contribution in [0.25, 0.3) is 0 Å². The number of esters is 1. The van der Waals surface area contributed by atoms with Crippen LogP contribution in [0, 0.1) is 0 Å². The van der Waals surface area contributed by atoms with Gasteiger partial charge >= 0.3 is 5.97 Å². The monoisotopic (exact) mass is 183 g/mol. The molecule has 0 spiro atoms. The summed E-state index contributed by atoms with van der Waals surface area (Å²) in [5.74, 6) is 0.664. The number of hydrogen-bond acceptors (Lipinski definition) is 4. The lowest BCUT2D eigenvalue weighted by atomic mass is 10.4. The van der Waals surface area contributed by atoms with Gasteiger partial charge in [-0.3, -0.25) is 4.79 Å². The predicted molar refractivity (Wildman–Crippen MR) is 47.0 cm³/mol. The lowest BCUT2D eigenvalue weighted by Gasteiger charge is -2.00. The van der Waals surface area contributed by atoms with E-state index in [4.69, 9.17) is 4.42 Å². The summed E-state index contributed by atoms with van der Waals surface area (Å²) in [4.78, 5) is 10.7. The molecule has 0 aliphatic heterocycles. The Bertz CT molecular complexity index is 243. The van der Waals surface area contributed by atoms with Crippen LogP contribution >= 0.6 is 0 Å². The molecule has 1 N–H and O–H groups in total. The number of methoxy groups -OCH3 is 1. The smallest absolute Gasteiger partial charge is 0.306 e. The quantitative estimate of drug-likeness (QED) is 0.545. The van der Waals surface area contributed by atoms with Crippen molar-refractivity contribution in [1.29, 1.82) is 0 Å². The molecule has 0 aliphatic carbocycles. The van der Waals surface area contributed by atoms with Crippen molar-refractivity contribution in [2.24, 2.45) is 0 Å². The summed E-state index contributed by atoms with van der Waals surface area (Å²) in [6.45, 7) is 1.25. The maximum Gasteiger partial charge on any atom is 0.306 e. The van der Waals surface area contributed by atoms with Crippen LogP contribution in [0.5, 0.6) is 0 Å². The number of furan rings is 1. The fourth-order valence-electron chi connectivity index (χ4n) is 0.917. The summed E-state index contributed by atoms with van der Waals surface area (Å²) >= 11 is 0. The highest BCUT2D eigenvalue weighted by Gasteiger charge is 1.99. The predicted octanol–water partition coefficient (Wildman–Crippen LogP) is 0.932. The molecular formula is C9H13NO3. The molecule has 0 saturated heterocycles. The molecule has 13 heavy (non-hydrogen) atoms. The number of ether oxygens (including phenoxy) is 1. The van der Waals surface area contributed by atoms with Gasteiger partial charge < -0.3 is 14.5 Å². The Labute approximate surface area is 76.9 Å². The van der Waals surface area contributed by atoms with Crippen LogP contribution < -0.4 is 5.32 Å². The molecule has 0 atom stereocenters. The number of carbonyl (C=O) groups is 1. The molecule has 4 heteroatoms. The summed E-state index contributed by atoms with van der Waals surface area (Å²) in [6, 6.07) is 3.71.